The number of carbonyl (C=O) groups excluding carboxylic acids is 1. The van der Waals surface area contributed by atoms with Gasteiger partial charge < -0.3 is 5.32 Å². The molecular weight excluding hydrogens is 469 g/mol. The smallest absolute Gasteiger partial charge is 0.319 e. The number of alkyl halides is 5. The third-order valence-electron chi connectivity index (χ3n) is 5.16. The molecule has 3 aromatic heterocycles. The molecule has 0 saturated heterocycles. The zero-order valence-electron chi connectivity index (χ0n) is 18.4. The van der Waals surface area contributed by atoms with Crippen molar-refractivity contribution >= 4 is 11.6 Å². The molecule has 0 saturated carbocycles. The Hall–Kier alpha value is -4.15. The lowest BCUT2D eigenvalue weighted by atomic mass is 10.0. The van der Waals surface area contributed by atoms with Gasteiger partial charge in [0, 0.05) is 36.6 Å². The highest BCUT2D eigenvalue weighted by atomic mass is 19.4. The minimum atomic E-state index is -4.91. The van der Waals surface area contributed by atoms with Gasteiger partial charge in [0.05, 0.1) is 40.1 Å². The molecule has 0 aliphatic heterocycles. The van der Waals surface area contributed by atoms with Gasteiger partial charge in [0.15, 0.2) is 0 Å². The number of anilines is 1. The molecule has 6 nitrogen and oxygen atoms in total. The van der Waals surface area contributed by atoms with Crippen LogP contribution in [0.5, 0.6) is 0 Å². The van der Waals surface area contributed by atoms with Crippen molar-refractivity contribution < 1.29 is 26.7 Å². The predicted octanol–water partition coefficient (Wildman–Crippen LogP) is 6.02. The Bertz CT molecular complexity index is 1380. The number of aryl methyl sites for hydroxylation is 1. The van der Waals surface area contributed by atoms with Crippen molar-refractivity contribution in [3.63, 3.8) is 0 Å². The fourth-order valence-corrected chi connectivity index (χ4v) is 3.37. The Labute approximate surface area is 196 Å². The van der Waals surface area contributed by atoms with Crippen LogP contribution in [0.2, 0.25) is 0 Å². The van der Waals surface area contributed by atoms with E-state index in [4.69, 9.17) is 0 Å². The SMILES string of the molecule is Cc1nn(-c2ccc(C(C)(F)F)cc2C(F)(F)F)cc1NC(=O)c1cncc(-c2ccccn2)c1. The second kappa shape index (κ2) is 8.90. The van der Waals surface area contributed by atoms with Crippen molar-refractivity contribution in [1.29, 1.82) is 0 Å². The van der Waals surface area contributed by atoms with Crippen molar-refractivity contribution in [2.24, 2.45) is 0 Å². The zero-order chi connectivity index (χ0) is 25.4. The van der Waals surface area contributed by atoms with Gasteiger partial charge in [0.1, 0.15) is 0 Å². The number of hydrogen-bond donors (Lipinski definition) is 1. The summed E-state index contributed by atoms with van der Waals surface area (Å²) in [6.45, 7) is 2.02. The number of aromatic nitrogens is 4. The zero-order valence-corrected chi connectivity index (χ0v) is 18.4. The van der Waals surface area contributed by atoms with Gasteiger partial charge in [-0.25, -0.2) is 13.5 Å². The van der Waals surface area contributed by atoms with Crippen molar-refractivity contribution in [3.8, 4) is 16.9 Å². The van der Waals surface area contributed by atoms with Crippen LogP contribution in [0.25, 0.3) is 16.9 Å². The summed E-state index contributed by atoms with van der Waals surface area (Å²) in [5, 5.41) is 6.65. The van der Waals surface area contributed by atoms with Crippen LogP contribution in [0.15, 0.2) is 67.3 Å². The fraction of sp³-hybridized carbons (Fsp3) is 0.167. The molecule has 4 aromatic rings. The number of halogens is 5. The van der Waals surface area contributed by atoms with Crippen LogP contribution in [0.4, 0.5) is 27.6 Å². The maximum absolute atomic E-state index is 13.7. The van der Waals surface area contributed by atoms with E-state index >= 15 is 0 Å². The summed E-state index contributed by atoms with van der Waals surface area (Å²) >= 11 is 0. The van der Waals surface area contributed by atoms with Gasteiger partial charge in [-0.2, -0.15) is 18.3 Å². The first kappa shape index (κ1) is 24.0. The molecule has 0 aliphatic rings. The van der Waals surface area contributed by atoms with E-state index in [-0.39, 0.29) is 16.9 Å². The lowest BCUT2D eigenvalue weighted by molar-refractivity contribution is -0.137. The van der Waals surface area contributed by atoms with Crippen LogP contribution >= 0.6 is 0 Å². The topological polar surface area (TPSA) is 72.7 Å². The van der Waals surface area contributed by atoms with E-state index in [0.29, 0.717) is 24.2 Å². The van der Waals surface area contributed by atoms with Crippen LogP contribution < -0.4 is 5.32 Å². The summed E-state index contributed by atoms with van der Waals surface area (Å²) < 4.78 is 69.1. The minimum Gasteiger partial charge on any atom is -0.319 e. The van der Waals surface area contributed by atoms with Crippen LogP contribution in [-0.2, 0) is 12.1 Å². The van der Waals surface area contributed by atoms with Crippen molar-refractivity contribution in [2.45, 2.75) is 25.9 Å². The van der Waals surface area contributed by atoms with E-state index in [0.717, 1.165) is 16.8 Å². The van der Waals surface area contributed by atoms with E-state index in [1.54, 1.807) is 36.7 Å². The Kier molecular flexibility index (Phi) is 6.10. The molecule has 0 unspecified atom stereocenters. The van der Waals surface area contributed by atoms with Crippen LogP contribution in [0, 0.1) is 6.92 Å². The summed E-state index contributed by atoms with van der Waals surface area (Å²) in [5.74, 6) is -4.01. The van der Waals surface area contributed by atoms with Gasteiger partial charge in [-0.3, -0.25) is 14.8 Å². The van der Waals surface area contributed by atoms with Gasteiger partial charge in [0.25, 0.3) is 11.8 Å². The van der Waals surface area contributed by atoms with E-state index < -0.39 is 34.8 Å². The quantitative estimate of drug-likeness (QED) is 0.350. The average molecular weight is 487 g/mol. The third-order valence-corrected chi connectivity index (χ3v) is 5.16. The lowest BCUT2D eigenvalue weighted by Crippen LogP contribution is -2.15. The van der Waals surface area contributed by atoms with E-state index in [1.165, 1.54) is 19.3 Å². The number of hydrogen-bond acceptors (Lipinski definition) is 4. The van der Waals surface area contributed by atoms with Gasteiger partial charge in [0.2, 0.25) is 0 Å². The first-order valence-corrected chi connectivity index (χ1v) is 10.3. The van der Waals surface area contributed by atoms with Crippen LogP contribution in [-0.4, -0.2) is 25.7 Å². The highest BCUT2D eigenvalue weighted by molar-refractivity contribution is 6.04. The summed E-state index contributed by atoms with van der Waals surface area (Å²) in [4.78, 5) is 21.1. The normalized spacial score (nSPS) is 12.0. The predicted molar refractivity (Wildman–Crippen MR) is 118 cm³/mol. The van der Waals surface area contributed by atoms with E-state index in [1.807, 2.05) is 0 Å². The molecule has 0 bridgehead atoms. The molecule has 1 amide bonds. The Morgan fingerprint density at radius 3 is 2.46 bits per heavy atom. The minimum absolute atomic E-state index is 0.149. The standard InChI is InChI=1S/C24H18F5N5O/c1-14-20(32-22(35)16-9-15(11-30-12-16)19-5-3-4-8-31-19)13-34(33-14)21-7-6-17(23(2,25)26)10-18(21)24(27,28)29/h3-13H,1-2H3,(H,32,35). The first-order valence-electron chi connectivity index (χ1n) is 10.3. The summed E-state index contributed by atoms with van der Waals surface area (Å²) in [5.41, 5.74) is -0.705. The molecule has 4 rings (SSSR count). The molecule has 0 radical (unpaired) electrons. The third kappa shape index (κ3) is 5.18. The number of pyridine rings is 2. The number of benzene rings is 1. The number of carbonyl (C=O) groups is 1. The summed E-state index contributed by atoms with van der Waals surface area (Å²) in [6.07, 6.45) is 0.774. The van der Waals surface area contributed by atoms with E-state index in [2.05, 4.69) is 20.4 Å². The van der Waals surface area contributed by atoms with Crippen LogP contribution in [0.3, 0.4) is 0 Å². The number of nitrogens with zero attached hydrogens (tertiary/aromatic N) is 4. The van der Waals surface area contributed by atoms with Crippen molar-refractivity contribution in [2.75, 3.05) is 5.32 Å². The Morgan fingerprint density at radius 2 is 1.80 bits per heavy atom. The highest BCUT2D eigenvalue weighted by Gasteiger charge is 2.37. The van der Waals surface area contributed by atoms with Crippen molar-refractivity contribution in [1.82, 2.24) is 19.7 Å². The molecule has 35 heavy (non-hydrogen) atoms. The van der Waals surface area contributed by atoms with Crippen molar-refractivity contribution in [3.05, 3.63) is 89.6 Å². The molecule has 11 heteroatoms. The maximum atomic E-state index is 13.7. The fourth-order valence-electron chi connectivity index (χ4n) is 3.37. The van der Waals surface area contributed by atoms with Gasteiger partial charge in [-0.05, 0) is 37.3 Å². The number of amides is 1. The van der Waals surface area contributed by atoms with Gasteiger partial charge in [-0.1, -0.05) is 12.1 Å². The molecule has 1 aromatic carbocycles. The van der Waals surface area contributed by atoms with Gasteiger partial charge in [-0.15, -0.1) is 0 Å². The maximum Gasteiger partial charge on any atom is 0.418 e. The Morgan fingerprint density at radius 1 is 1.03 bits per heavy atom. The number of nitrogens with one attached hydrogen (secondary N) is 1. The lowest BCUT2D eigenvalue weighted by Gasteiger charge is -2.17. The largest absolute Gasteiger partial charge is 0.418 e. The number of rotatable bonds is 5. The van der Waals surface area contributed by atoms with E-state index in [9.17, 15) is 26.7 Å². The second-order valence-electron chi connectivity index (χ2n) is 7.82. The second-order valence-corrected chi connectivity index (χ2v) is 7.82. The summed E-state index contributed by atoms with van der Waals surface area (Å²) in [7, 11) is 0. The first-order chi connectivity index (χ1) is 16.4. The molecule has 0 aliphatic carbocycles. The molecule has 0 spiro atoms. The summed E-state index contributed by atoms with van der Waals surface area (Å²) in [6, 6.07) is 9.11. The monoisotopic (exact) mass is 487 g/mol. The van der Waals surface area contributed by atoms with Gasteiger partial charge >= 0.3 is 6.18 Å². The average Bonchev–Trinajstić information content (AvgIpc) is 3.18. The molecule has 3 heterocycles. The Balaban J connectivity index is 1.65. The molecule has 0 atom stereocenters. The molecular formula is C24H18F5N5O. The molecule has 180 valence electrons. The molecule has 0 fully saturated rings. The van der Waals surface area contributed by atoms with Crippen LogP contribution in [0.1, 0.15) is 34.1 Å². The molecule has 1 N–H and O–H groups in total. The highest BCUT2D eigenvalue weighted by Crippen LogP contribution is 2.38.